The summed E-state index contributed by atoms with van der Waals surface area (Å²) in [5.74, 6) is 1.73. The zero-order valence-electron chi connectivity index (χ0n) is 16.3. The van der Waals surface area contributed by atoms with Crippen LogP contribution in [0.4, 0.5) is 23.1 Å². The topological polar surface area (TPSA) is 117 Å². The zero-order chi connectivity index (χ0) is 21.8. The number of nitro benzene ring substituents is 1. The van der Waals surface area contributed by atoms with Crippen LogP contribution in [0, 0.1) is 10.1 Å². The van der Waals surface area contributed by atoms with Crippen molar-refractivity contribution in [1.29, 1.82) is 0 Å². The average molecular weight is 440 g/mol. The number of pyridine rings is 1. The van der Waals surface area contributed by atoms with Crippen LogP contribution in [0.2, 0.25) is 5.02 Å². The van der Waals surface area contributed by atoms with E-state index in [-0.39, 0.29) is 22.2 Å². The SMILES string of the molecule is O=C(c1ccc([N+](=O)[O-])cc1Cl)N1CCN(c2ccc(Nc3ccccn3)nn2)CC1. The van der Waals surface area contributed by atoms with Crippen molar-refractivity contribution in [2.24, 2.45) is 0 Å². The van der Waals surface area contributed by atoms with Crippen molar-refractivity contribution in [1.82, 2.24) is 20.1 Å². The van der Waals surface area contributed by atoms with Gasteiger partial charge < -0.3 is 15.1 Å². The van der Waals surface area contributed by atoms with E-state index in [0.717, 1.165) is 0 Å². The van der Waals surface area contributed by atoms with Gasteiger partial charge in [-0.2, -0.15) is 0 Å². The molecule has 0 bridgehead atoms. The summed E-state index contributed by atoms with van der Waals surface area (Å²) in [6, 6.07) is 13.1. The van der Waals surface area contributed by atoms with Crippen molar-refractivity contribution < 1.29 is 9.72 Å². The second-order valence-corrected chi connectivity index (χ2v) is 7.22. The molecule has 10 nitrogen and oxygen atoms in total. The molecule has 1 amide bonds. The molecule has 31 heavy (non-hydrogen) atoms. The van der Waals surface area contributed by atoms with Crippen molar-refractivity contribution in [3.63, 3.8) is 0 Å². The molecule has 0 atom stereocenters. The van der Waals surface area contributed by atoms with Crippen LogP contribution in [0.1, 0.15) is 10.4 Å². The van der Waals surface area contributed by atoms with Gasteiger partial charge in [-0.05, 0) is 30.3 Å². The predicted molar refractivity (Wildman–Crippen MR) is 116 cm³/mol. The standard InChI is InChI=1S/C20H18ClN7O3/c21-16-13-14(28(30)31)4-5-15(16)20(29)27-11-9-26(10-12-27)19-7-6-18(24-25-19)23-17-3-1-2-8-22-17/h1-8,13H,9-12H2,(H,22,23,24). The molecule has 0 saturated carbocycles. The maximum atomic E-state index is 12.8. The Morgan fingerprint density at radius 2 is 1.84 bits per heavy atom. The first-order chi connectivity index (χ1) is 15.0. The van der Waals surface area contributed by atoms with Gasteiger partial charge >= 0.3 is 0 Å². The molecular formula is C20H18ClN7O3. The summed E-state index contributed by atoms with van der Waals surface area (Å²) in [5, 5.41) is 22.5. The highest BCUT2D eigenvalue weighted by atomic mass is 35.5. The number of carbonyl (C=O) groups is 1. The fourth-order valence-electron chi connectivity index (χ4n) is 3.23. The van der Waals surface area contributed by atoms with E-state index in [2.05, 4.69) is 20.5 Å². The first kappa shape index (κ1) is 20.5. The molecule has 0 radical (unpaired) electrons. The third-order valence-corrected chi connectivity index (χ3v) is 5.17. The number of nitrogens with zero attached hydrogens (tertiary/aromatic N) is 6. The van der Waals surface area contributed by atoms with Crippen molar-refractivity contribution in [2.45, 2.75) is 0 Å². The van der Waals surface area contributed by atoms with Gasteiger partial charge in [0.15, 0.2) is 11.6 Å². The number of amides is 1. The third-order valence-electron chi connectivity index (χ3n) is 4.86. The predicted octanol–water partition coefficient (Wildman–Crippen LogP) is 3.14. The van der Waals surface area contributed by atoms with Crippen LogP contribution in [0.3, 0.4) is 0 Å². The van der Waals surface area contributed by atoms with E-state index in [4.69, 9.17) is 11.6 Å². The summed E-state index contributed by atoms with van der Waals surface area (Å²) in [4.78, 5) is 31.0. The van der Waals surface area contributed by atoms with Gasteiger partial charge in [0.25, 0.3) is 11.6 Å². The molecule has 0 aliphatic carbocycles. The lowest BCUT2D eigenvalue weighted by molar-refractivity contribution is -0.384. The van der Waals surface area contributed by atoms with E-state index < -0.39 is 4.92 Å². The smallest absolute Gasteiger partial charge is 0.270 e. The Kier molecular flexibility index (Phi) is 5.89. The molecule has 11 heteroatoms. The number of aromatic nitrogens is 3. The molecule has 1 fully saturated rings. The maximum Gasteiger partial charge on any atom is 0.270 e. The lowest BCUT2D eigenvalue weighted by Crippen LogP contribution is -2.49. The van der Waals surface area contributed by atoms with E-state index in [1.54, 1.807) is 11.1 Å². The molecule has 1 aliphatic heterocycles. The van der Waals surface area contributed by atoms with Gasteiger partial charge in [0.05, 0.1) is 15.5 Å². The Labute approximate surface area is 182 Å². The van der Waals surface area contributed by atoms with Crippen LogP contribution in [-0.4, -0.2) is 57.1 Å². The Balaban J connectivity index is 1.36. The van der Waals surface area contributed by atoms with Gasteiger partial charge in [-0.25, -0.2) is 4.98 Å². The fraction of sp³-hybridized carbons (Fsp3) is 0.200. The van der Waals surface area contributed by atoms with E-state index in [1.807, 2.05) is 35.2 Å². The Hall–Kier alpha value is -3.79. The minimum atomic E-state index is -0.545. The number of nitrogens with one attached hydrogen (secondary N) is 1. The van der Waals surface area contributed by atoms with Crippen LogP contribution in [-0.2, 0) is 0 Å². The largest absolute Gasteiger partial charge is 0.352 e. The molecule has 1 aliphatic rings. The third kappa shape index (κ3) is 4.69. The van der Waals surface area contributed by atoms with Gasteiger partial charge in [-0.3, -0.25) is 14.9 Å². The number of piperazine rings is 1. The summed E-state index contributed by atoms with van der Waals surface area (Å²) >= 11 is 6.09. The molecule has 3 heterocycles. The molecule has 0 spiro atoms. The van der Waals surface area contributed by atoms with Crippen molar-refractivity contribution >= 4 is 40.6 Å². The second kappa shape index (κ2) is 8.92. The summed E-state index contributed by atoms with van der Waals surface area (Å²) in [6.45, 7) is 2.11. The number of rotatable bonds is 5. The van der Waals surface area contributed by atoms with Crippen LogP contribution >= 0.6 is 11.6 Å². The summed E-state index contributed by atoms with van der Waals surface area (Å²) in [6.07, 6.45) is 1.69. The highest BCUT2D eigenvalue weighted by Crippen LogP contribution is 2.24. The van der Waals surface area contributed by atoms with E-state index in [0.29, 0.717) is 43.6 Å². The quantitative estimate of drug-likeness (QED) is 0.476. The highest BCUT2D eigenvalue weighted by molar-refractivity contribution is 6.34. The number of carbonyl (C=O) groups excluding carboxylic acids is 1. The van der Waals surface area contributed by atoms with Gasteiger partial charge in [-0.15, -0.1) is 10.2 Å². The fourth-order valence-corrected chi connectivity index (χ4v) is 3.48. The zero-order valence-corrected chi connectivity index (χ0v) is 17.1. The van der Waals surface area contributed by atoms with E-state index >= 15 is 0 Å². The summed E-state index contributed by atoms with van der Waals surface area (Å²) in [5.41, 5.74) is 0.108. The van der Waals surface area contributed by atoms with Gasteiger partial charge in [-0.1, -0.05) is 17.7 Å². The van der Waals surface area contributed by atoms with E-state index in [9.17, 15) is 14.9 Å². The average Bonchev–Trinajstić information content (AvgIpc) is 2.80. The second-order valence-electron chi connectivity index (χ2n) is 6.82. The van der Waals surface area contributed by atoms with Crippen LogP contribution in [0.15, 0.2) is 54.7 Å². The number of anilines is 3. The summed E-state index contributed by atoms with van der Waals surface area (Å²) < 4.78 is 0. The Bertz CT molecular complexity index is 1090. The number of benzene rings is 1. The lowest BCUT2D eigenvalue weighted by Gasteiger charge is -2.35. The molecule has 1 saturated heterocycles. The number of hydrogen-bond donors (Lipinski definition) is 1. The molecular weight excluding hydrogens is 422 g/mol. The first-order valence-electron chi connectivity index (χ1n) is 9.51. The van der Waals surface area contributed by atoms with Gasteiger partial charge in [0, 0.05) is 44.5 Å². The normalized spacial score (nSPS) is 13.7. The summed E-state index contributed by atoms with van der Waals surface area (Å²) in [7, 11) is 0. The number of non-ortho nitro benzene ring substituents is 1. The van der Waals surface area contributed by atoms with Gasteiger partial charge in [0.2, 0.25) is 0 Å². The molecule has 3 aromatic rings. The monoisotopic (exact) mass is 439 g/mol. The molecule has 1 N–H and O–H groups in total. The molecule has 4 rings (SSSR count). The molecule has 1 aromatic carbocycles. The van der Waals surface area contributed by atoms with Crippen molar-refractivity contribution in [3.05, 3.63) is 75.4 Å². The highest BCUT2D eigenvalue weighted by Gasteiger charge is 2.25. The minimum absolute atomic E-state index is 0.0727. The lowest BCUT2D eigenvalue weighted by atomic mass is 10.1. The van der Waals surface area contributed by atoms with Crippen LogP contribution in [0.25, 0.3) is 0 Å². The van der Waals surface area contributed by atoms with Crippen molar-refractivity contribution in [2.75, 3.05) is 36.4 Å². The molecule has 0 unspecified atom stereocenters. The molecule has 2 aromatic heterocycles. The number of nitro groups is 1. The number of hydrogen-bond acceptors (Lipinski definition) is 8. The first-order valence-corrected chi connectivity index (χ1v) is 9.89. The Morgan fingerprint density at radius 3 is 2.45 bits per heavy atom. The van der Waals surface area contributed by atoms with Crippen LogP contribution < -0.4 is 10.2 Å². The van der Waals surface area contributed by atoms with Crippen molar-refractivity contribution in [3.8, 4) is 0 Å². The maximum absolute atomic E-state index is 12.8. The number of halogens is 1. The van der Waals surface area contributed by atoms with E-state index in [1.165, 1.54) is 18.2 Å². The van der Waals surface area contributed by atoms with Gasteiger partial charge in [0.1, 0.15) is 5.82 Å². The molecule has 158 valence electrons. The van der Waals surface area contributed by atoms with Crippen LogP contribution in [0.5, 0.6) is 0 Å². The Morgan fingerprint density at radius 1 is 1.03 bits per heavy atom. The minimum Gasteiger partial charge on any atom is -0.352 e.